The van der Waals surface area contributed by atoms with Crippen molar-refractivity contribution in [1.82, 2.24) is 0 Å². The minimum atomic E-state index is -3.11. The van der Waals surface area contributed by atoms with Gasteiger partial charge in [0.25, 0.3) is 0 Å². The number of halogens is 1. The van der Waals surface area contributed by atoms with E-state index in [-0.39, 0.29) is 0 Å². The summed E-state index contributed by atoms with van der Waals surface area (Å²) >= 11 is 5.87. The highest BCUT2D eigenvalue weighted by Gasteiger charge is 2.22. The SMILES string of the molecule is CS(=O)(=O)c1ccc(N2CCCCC2CCCl)cc1. The molecule has 1 aromatic carbocycles. The molecule has 1 fully saturated rings. The van der Waals surface area contributed by atoms with Gasteiger partial charge in [-0.05, 0) is 49.9 Å². The van der Waals surface area contributed by atoms with Gasteiger partial charge in [-0.3, -0.25) is 0 Å². The van der Waals surface area contributed by atoms with Crippen LogP contribution >= 0.6 is 11.6 Å². The van der Waals surface area contributed by atoms with E-state index >= 15 is 0 Å². The highest BCUT2D eigenvalue weighted by molar-refractivity contribution is 7.90. The first-order valence-electron chi connectivity index (χ1n) is 6.65. The number of nitrogens with zero attached hydrogens (tertiary/aromatic N) is 1. The normalized spacial score (nSPS) is 20.5. The van der Waals surface area contributed by atoms with Gasteiger partial charge in [0, 0.05) is 30.4 Å². The van der Waals surface area contributed by atoms with Crippen molar-refractivity contribution in [2.75, 3.05) is 23.6 Å². The van der Waals surface area contributed by atoms with Gasteiger partial charge in [0.2, 0.25) is 0 Å². The summed E-state index contributed by atoms with van der Waals surface area (Å²) in [4.78, 5) is 2.74. The monoisotopic (exact) mass is 301 g/mol. The van der Waals surface area contributed by atoms with Gasteiger partial charge in [-0.1, -0.05) is 0 Å². The van der Waals surface area contributed by atoms with Crippen LogP contribution in [-0.4, -0.2) is 33.1 Å². The largest absolute Gasteiger partial charge is 0.369 e. The number of hydrogen-bond donors (Lipinski definition) is 0. The molecule has 0 spiro atoms. The van der Waals surface area contributed by atoms with E-state index in [4.69, 9.17) is 11.6 Å². The number of piperidine rings is 1. The van der Waals surface area contributed by atoms with E-state index in [1.807, 2.05) is 12.1 Å². The Bertz CT molecular complexity index is 511. The minimum Gasteiger partial charge on any atom is -0.369 e. The molecule has 1 atom stereocenters. The van der Waals surface area contributed by atoms with Gasteiger partial charge in [-0.15, -0.1) is 11.6 Å². The predicted octanol–water partition coefficient (Wildman–Crippen LogP) is 3.08. The number of hydrogen-bond acceptors (Lipinski definition) is 3. The molecule has 1 aliphatic rings. The Balaban J connectivity index is 2.20. The number of alkyl halides is 1. The van der Waals surface area contributed by atoms with Crippen molar-refractivity contribution in [3.63, 3.8) is 0 Å². The molecule has 2 rings (SSSR count). The van der Waals surface area contributed by atoms with Gasteiger partial charge >= 0.3 is 0 Å². The van der Waals surface area contributed by atoms with Gasteiger partial charge in [-0.25, -0.2) is 8.42 Å². The van der Waals surface area contributed by atoms with Crippen LogP contribution in [0.2, 0.25) is 0 Å². The Hall–Kier alpha value is -0.740. The molecule has 1 saturated heterocycles. The second-order valence-corrected chi connectivity index (χ2v) is 7.48. The molecule has 19 heavy (non-hydrogen) atoms. The third-order valence-electron chi connectivity index (χ3n) is 3.67. The molecule has 0 saturated carbocycles. The lowest BCUT2D eigenvalue weighted by atomic mass is 9.99. The molecule has 1 aromatic rings. The van der Waals surface area contributed by atoms with Crippen LogP contribution in [0.1, 0.15) is 25.7 Å². The van der Waals surface area contributed by atoms with Crippen LogP contribution in [-0.2, 0) is 9.84 Å². The van der Waals surface area contributed by atoms with Crippen LogP contribution in [0.3, 0.4) is 0 Å². The van der Waals surface area contributed by atoms with Gasteiger partial charge in [0.15, 0.2) is 9.84 Å². The Labute approximate surface area is 120 Å². The molecule has 0 aliphatic carbocycles. The maximum atomic E-state index is 11.5. The Morgan fingerprint density at radius 3 is 2.53 bits per heavy atom. The van der Waals surface area contributed by atoms with Crippen molar-refractivity contribution in [3.8, 4) is 0 Å². The van der Waals surface area contributed by atoms with E-state index < -0.39 is 9.84 Å². The molecule has 1 unspecified atom stereocenters. The summed E-state index contributed by atoms with van der Waals surface area (Å²) in [5.74, 6) is 0.669. The number of rotatable bonds is 4. The van der Waals surface area contributed by atoms with Crippen LogP contribution in [0.5, 0.6) is 0 Å². The molecule has 0 bridgehead atoms. The zero-order valence-electron chi connectivity index (χ0n) is 11.2. The fraction of sp³-hybridized carbons (Fsp3) is 0.571. The molecular formula is C14H20ClNO2S. The van der Waals surface area contributed by atoms with E-state index in [0.29, 0.717) is 16.8 Å². The van der Waals surface area contributed by atoms with Crippen molar-refractivity contribution >= 4 is 27.1 Å². The maximum absolute atomic E-state index is 11.5. The summed E-state index contributed by atoms with van der Waals surface area (Å²) in [6, 6.07) is 7.68. The first kappa shape index (κ1) is 14.7. The van der Waals surface area contributed by atoms with Crippen molar-refractivity contribution in [2.45, 2.75) is 36.6 Å². The predicted molar refractivity (Wildman–Crippen MR) is 79.9 cm³/mol. The number of anilines is 1. The Morgan fingerprint density at radius 2 is 1.95 bits per heavy atom. The first-order chi connectivity index (χ1) is 9.02. The average Bonchev–Trinajstić information content (AvgIpc) is 2.39. The fourth-order valence-corrected chi connectivity index (χ4v) is 3.53. The van der Waals surface area contributed by atoms with Gasteiger partial charge in [0.05, 0.1) is 4.90 Å². The van der Waals surface area contributed by atoms with Crippen LogP contribution in [0.25, 0.3) is 0 Å². The topological polar surface area (TPSA) is 37.4 Å². The van der Waals surface area contributed by atoms with Crippen LogP contribution in [0.4, 0.5) is 5.69 Å². The fourth-order valence-electron chi connectivity index (χ4n) is 2.65. The van der Waals surface area contributed by atoms with Crippen molar-refractivity contribution in [3.05, 3.63) is 24.3 Å². The summed E-state index contributed by atoms with van der Waals surface area (Å²) < 4.78 is 22.9. The first-order valence-corrected chi connectivity index (χ1v) is 9.07. The maximum Gasteiger partial charge on any atom is 0.175 e. The van der Waals surface area contributed by atoms with E-state index in [0.717, 1.165) is 18.7 Å². The Kier molecular flexibility index (Phi) is 4.74. The van der Waals surface area contributed by atoms with Crippen LogP contribution in [0, 0.1) is 0 Å². The van der Waals surface area contributed by atoms with E-state index in [2.05, 4.69) is 4.90 Å². The molecule has 1 aliphatic heterocycles. The highest BCUT2D eigenvalue weighted by Crippen LogP contribution is 2.27. The quantitative estimate of drug-likeness (QED) is 0.802. The standard InChI is InChI=1S/C14H20ClNO2S/c1-19(17,18)14-7-5-13(6-8-14)16-11-3-2-4-12(16)9-10-15/h5-8,12H,2-4,9-11H2,1H3. The van der Waals surface area contributed by atoms with Gasteiger partial charge in [0.1, 0.15) is 0 Å². The van der Waals surface area contributed by atoms with Crippen molar-refractivity contribution in [1.29, 1.82) is 0 Å². The smallest absolute Gasteiger partial charge is 0.175 e. The lowest BCUT2D eigenvalue weighted by Crippen LogP contribution is -2.39. The van der Waals surface area contributed by atoms with E-state index in [1.165, 1.54) is 25.5 Å². The van der Waals surface area contributed by atoms with E-state index in [9.17, 15) is 8.42 Å². The second kappa shape index (κ2) is 6.14. The molecule has 5 heteroatoms. The summed E-state index contributed by atoms with van der Waals surface area (Å²) in [6.07, 6.45) is 5.82. The molecule has 0 amide bonds. The van der Waals surface area contributed by atoms with Gasteiger partial charge in [-0.2, -0.15) is 0 Å². The summed E-state index contributed by atoms with van der Waals surface area (Å²) in [5, 5.41) is 0. The molecule has 106 valence electrons. The van der Waals surface area contributed by atoms with Crippen molar-refractivity contribution in [2.24, 2.45) is 0 Å². The molecule has 1 heterocycles. The molecule has 3 nitrogen and oxygen atoms in total. The molecule has 0 aromatic heterocycles. The summed E-state index contributed by atoms with van der Waals surface area (Å²) in [6.45, 7) is 1.03. The van der Waals surface area contributed by atoms with Gasteiger partial charge < -0.3 is 4.90 Å². The van der Waals surface area contributed by atoms with Crippen LogP contribution < -0.4 is 4.90 Å². The summed E-state index contributed by atoms with van der Waals surface area (Å²) in [7, 11) is -3.11. The lowest BCUT2D eigenvalue weighted by molar-refractivity contribution is 0.451. The zero-order valence-corrected chi connectivity index (χ0v) is 12.8. The lowest BCUT2D eigenvalue weighted by Gasteiger charge is -2.37. The molecule has 0 radical (unpaired) electrons. The molecule has 0 N–H and O–H groups in total. The Morgan fingerprint density at radius 1 is 1.26 bits per heavy atom. The summed E-state index contributed by atoms with van der Waals surface area (Å²) in [5.41, 5.74) is 1.10. The third kappa shape index (κ3) is 3.63. The van der Waals surface area contributed by atoms with Crippen molar-refractivity contribution < 1.29 is 8.42 Å². The highest BCUT2D eigenvalue weighted by atomic mass is 35.5. The minimum absolute atomic E-state index is 0.377. The average molecular weight is 302 g/mol. The second-order valence-electron chi connectivity index (χ2n) is 5.09. The third-order valence-corrected chi connectivity index (χ3v) is 5.01. The number of sulfone groups is 1. The van der Waals surface area contributed by atoms with Crippen LogP contribution in [0.15, 0.2) is 29.2 Å². The van der Waals surface area contributed by atoms with E-state index in [1.54, 1.807) is 12.1 Å². The number of benzene rings is 1. The zero-order chi connectivity index (χ0) is 13.9. The molecular weight excluding hydrogens is 282 g/mol.